The van der Waals surface area contributed by atoms with Crippen molar-refractivity contribution in [2.24, 2.45) is 0 Å². The van der Waals surface area contributed by atoms with Crippen LogP contribution in [0.3, 0.4) is 0 Å². The van der Waals surface area contributed by atoms with Crippen LogP contribution in [0.5, 0.6) is 0 Å². The van der Waals surface area contributed by atoms with Gasteiger partial charge in [0.25, 0.3) is 0 Å². The highest BCUT2D eigenvalue weighted by molar-refractivity contribution is 6.12. The minimum atomic E-state index is 0.466. The number of hydrogen-bond acceptors (Lipinski definition) is 6. The largest absolute Gasteiger partial charge is 0.444 e. The van der Waals surface area contributed by atoms with Crippen molar-refractivity contribution in [2.75, 3.05) is 0 Å². The highest BCUT2D eigenvalue weighted by atomic mass is 16.3. The van der Waals surface area contributed by atoms with Gasteiger partial charge in [-0.25, -0.2) is 15.0 Å². The average Bonchev–Trinajstić information content (AvgIpc) is 3.82. The molecule has 0 bridgehead atoms. The summed E-state index contributed by atoms with van der Waals surface area (Å²) < 4.78 is 18.1. The van der Waals surface area contributed by atoms with Crippen molar-refractivity contribution in [3.63, 3.8) is 0 Å². The molecule has 0 atom stereocenters. The summed E-state index contributed by atoms with van der Waals surface area (Å²) in [5.74, 6) is 1.40. The lowest BCUT2D eigenvalue weighted by Crippen LogP contribution is -2.02. The Bertz CT molecular complexity index is 1570. The Hall–Kier alpha value is -5.49. The van der Waals surface area contributed by atoms with Gasteiger partial charge >= 0.3 is 0 Å². The molecule has 6 nitrogen and oxygen atoms in total. The zero-order valence-corrected chi connectivity index (χ0v) is 20.7. The Kier molecular flexibility index (Phi) is 5.68. The fourth-order valence-electron chi connectivity index (χ4n) is 5.11. The van der Waals surface area contributed by atoms with E-state index in [2.05, 4.69) is 51.4 Å². The van der Waals surface area contributed by atoms with Crippen molar-refractivity contribution < 1.29 is 13.3 Å². The summed E-state index contributed by atoms with van der Waals surface area (Å²) in [5, 5.41) is 0. The third-order valence-electron chi connectivity index (χ3n) is 6.63. The molecule has 4 aromatic carbocycles. The first kappa shape index (κ1) is 22.7. The van der Waals surface area contributed by atoms with Gasteiger partial charge in [-0.2, -0.15) is 0 Å². The van der Waals surface area contributed by atoms with Gasteiger partial charge < -0.3 is 13.3 Å². The maximum Gasteiger partial charge on any atom is 0.227 e. The van der Waals surface area contributed by atoms with Crippen LogP contribution in [0.15, 0.2) is 142 Å². The lowest BCUT2D eigenvalue weighted by molar-refractivity contribution is 0.571. The zero-order valence-electron chi connectivity index (χ0n) is 20.7. The van der Waals surface area contributed by atoms with Gasteiger partial charge in [0.15, 0.2) is 0 Å². The number of aromatic nitrogens is 3. The number of nitrogens with zero attached hydrogens (tertiary/aromatic N) is 3. The van der Waals surface area contributed by atoms with Crippen molar-refractivity contribution in [1.82, 2.24) is 15.0 Å². The van der Waals surface area contributed by atoms with Crippen LogP contribution in [0, 0.1) is 0 Å². The molecule has 0 amide bonds. The van der Waals surface area contributed by atoms with E-state index >= 15 is 0 Å². The fourth-order valence-corrected chi connectivity index (χ4v) is 5.11. The molecule has 0 unspecified atom stereocenters. The van der Waals surface area contributed by atoms with Crippen LogP contribution in [0.25, 0.3) is 67.7 Å². The van der Waals surface area contributed by atoms with E-state index in [0.29, 0.717) is 17.7 Å². The fraction of sp³-hybridized carbons (Fsp3) is 0. The van der Waals surface area contributed by atoms with Gasteiger partial charge in [-0.05, 0) is 16.7 Å². The van der Waals surface area contributed by atoms with Crippen LogP contribution in [-0.2, 0) is 0 Å². The standard InChI is InChI=1S/C33H21N3O3/c1-4-10-22(11-5-1)25-28(31-34-16-19-37-31)26(23-12-6-2-7-13-23)30(33-36-18-21-39-33)27(24-14-8-3-9-15-24)29(25)32-35-17-20-38-32/h1-21H. The molecule has 0 spiro atoms. The summed E-state index contributed by atoms with van der Waals surface area (Å²) in [6.07, 6.45) is 9.71. The van der Waals surface area contributed by atoms with E-state index in [-0.39, 0.29) is 0 Å². The molecular formula is C33H21N3O3. The minimum absolute atomic E-state index is 0.466. The van der Waals surface area contributed by atoms with Gasteiger partial charge in [0.2, 0.25) is 17.7 Å². The maximum absolute atomic E-state index is 6.02. The summed E-state index contributed by atoms with van der Waals surface area (Å²) in [7, 11) is 0. The van der Waals surface area contributed by atoms with E-state index in [0.717, 1.165) is 50.1 Å². The van der Waals surface area contributed by atoms with Crippen molar-refractivity contribution in [2.45, 2.75) is 0 Å². The van der Waals surface area contributed by atoms with Gasteiger partial charge in [0.1, 0.15) is 18.8 Å². The zero-order chi connectivity index (χ0) is 26.0. The minimum Gasteiger partial charge on any atom is -0.444 e. The first-order valence-electron chi connectivity index (χ1n) is 12.5. The summed E-state index contributed by atoms with van der Waals surface area (Å²) in [6.45, 7) is 0. The molecular weight excluding hydrogens is 486 g/mol. The third kappa shape index (κ3) is 3.95. The molecule has 0 aliphatic rings. The Labute approximate surface area is 224 Å². The van der Waals surface area contributed by atoms with E-state index in [1.807, 2.05) is 54.6 Å². The molecule has 0 aliphatic heterocycles. The van der Waals surface area contributed by atoms with Gasteiger partial charge in [0.05, 0.1) is 35.3 Å². The summed E-state index contributed by atoms with van der Waals surface area (Å²) in [4.78, 5) is 13.9. The van der Waals surface area contributed by atoms with E-state index in [1.165, 1.54) is 0 Å². The van der Waals surface area contributed by atoms with Crippen molar-refractivity contribution in [1.29, 1.82) is 0 Å². The summed E-state index contributed by atoms with van der Waals surface area (Å²) in [5.41, 5.74) is 7.91. The van der Waals surface area contributed by atoms with Crippen LogP contribution in [0.2, 0.25) is 0 Å². The molecule has 0 saturated heterocycles. The van der Waals surface area contributed by atoms with E-state index < -0.39 is 0 Å². The Morgan fingerprint density at radius 2 is 0.615 bits per heavy atom. The highest BCUT2D eigenvalue weighted by Gasteiger charge is 2.33. The molecule has 0 aliphatic carbocycles. The summed E-state index contributed by atoms with van der Waals surface area (Å²) in [6, 6.07) is 30.5. The van der Waals surface area contributed by atoms with Gasteiger partial charge in [-0.1, -0.05) is 91.0 Å². The van der Waals surface area contributed by atoms with Gasteiger partial charge in [-0.15, -0.1) is 0 Å². The first-order chi connectivity index (χ1) is 19.4. The Morgan fingerprint density at radius 1 is 0.333 bits per heavy atom. The van der Waals surface area contributed by atoms with Gasteiger partial charge in [-0.3, -0.25) is 0 Å². The van der Waals surface area contributed by atoms with Crippen LogP contribution in [0.4, 0.5) is 0 Å². The Morgan fingerprint density at radius 3 is 0.846 bits per heavy atom. The van der Waals surface area contributed by atoms with Crippen LogP contribution >= 0.6 is 0 Å². The molecule has 0 radical (unpaired) electrons. The molecule has 0 N–H and O–H groups in total. The molecule has 7 aromatic rings. The highest BCUT2D eigenvalue weighted by Crippen LogP contribution is 2.54. The number of hydrogen-bond donors (Lipinski definition) is 0. The smallest absolute Gasteiger partial charge is 0.227 e. The van der Waals surface area contributed by atoms with Gasteiger partial charge in [0, 0.05) is 16.7 Å². The lowest BCUT2D eigenvalue weighted by Gasteiger charge is -2.24. The van der Waals surface area contributed by atoms with Crippen molar-refractivity contribution in [3.8, 4) is 67.7 Å². The van der Waals surface area contributed by atoms with Crippen LogP contribution in [0.1, 0.15) is 0 Å². The number of rotatable bonds is 6. The van der Waals surface area contributed by atoms with E-state index in [4.69, 9.17) is 13.3 Å². The topological polar surface area (TPSA) is 78.1 Å². The van der Waals surface area contributed by atoms with Crippen molar-refractivity contribution in [3.05, 3.63) is 128 Å². The lowest BCUT2D eigenvalue weighted by atomic mass is 9.79. The molecule has 186 valence electrons. The second kappa shape index (κ2) is 9.76. The second-order valence-electron chi connectivity index (χ2n) is 8.86. The SMILES string of the molecule is c1ccc(-c2c(-c3ncco3)c(-c3ccccc3)c(-c3ncco3)c(-c3ccccc3)c2-c2ncco2)cc1. The molecule has 39 heavy (non-hydrogen) atoms. The third-order valence-corrected chi connectivity index (χ3v) is 6.63. The second-order valence-corrected chi connectivity index (χ2v) is 8.86. The predicted octanol–water partition coefficient (Wildman–Crippen LogP) is 8.65. The quantitative estimate of drug-likeness (QED) is 0.224. The Balaban J connectivity index is 1.80. The predicted molar refractivity (Wildman–Crippen MR) is 149 cm³/mol. The molecule has 0 fully saturated rings. The summed E-state index contributed by atoms with van der Waals surface area (Å²) >= 11 is 0. The van der Waals surface area contributed by atoms with Crippen LogP contribution < -0.4 is 0 Å². The van der Waals surface area contributed by atoms with Crippen LogP contribution in [-0.4, -0.2) is 15.0 Å². The number of oxazole rings is 3. The maximum atomic E-state index is 6.02. The average molecular weight is 508 g/mol. The number of benzene rings is 4. The van der Waals surface area contributed by atoms with Crippen molar-refractivity contribution >= 4 is 0 Å². The first-order valence-corrected chi connectivity index (χ1v) is 12.5. The van der Waals surface area contributed by atoms with E-state index in [9.17, 15) is 0 Å². The molecule has 6 heteroatoms. The monoisotopic (exact) mass is 507 g/mol. The molecule has 3 heterocycles. The van der Waals surface area contributed by atoms with E-state index in [1.54, 1.807) is 37.4 Å². The molecule has 7 rings (SSSR count). The normalized spacial score (nSPS) is 11.1. The molecule has 0 saturated carbocycles. The molecule has 3 aromatic heterocycles.